The van der Waals surface area contributed by atoms with Gasteiger partial charge in [0, 0.05) is 6.08 Å². The summed E-state index contributed by atoms with van der Waals surface area (Å²) in [7, 11) is 0. The first-order valence-electron chi connectivity index (χ1n) is 4.42. The average molecular weight is 263 g/mol. The van der Waals surface area contributed by atoms with Crippen molar-refractivity contribution in [2.45, 2.75) is 0 Å². The maximum Gasteiger partial charge on any atom is 0.327 e. The molecule has 0 aliphatic heterocycles. The normalized spacial score (nSPS) is 8.94. The molecule has 0 aromatic carbocycles. The molecule has 0 saturated heterocycles. The first-order valence-corrected chi connectivity index (χ1v) is 4.42. The Kier molecular flexibility index (Phi) is 9.76. The summed E-state index contributed by atoms with van der Waals surface area (Å²) in [6.45, 7) is 1.16. The number of carboxylic acids is 4. The van der Waals surface area contributed by atoms with Crippen LogP contribution in [-0.4, -0.2) is 68.8 Å². The minimum atomic E-state index is -1.26. The molecule has 0 saturated carbocycles. The van der Waals surface area contributed by atoms with Gasteiger partial charge in [0.15, 0.2) is 0 Å². The highest BCUT2D eigenvalue weighted by molar-refractivity contribution is 5.78. The zero-order chi connectivity index (χ0) is 14.7. The van der Waals surface area contributed by atoms with Gasteiger partial charge in [-0.1, -0.05) is 6.58 Å². The molecule has 9 heteroatoms. The zero-order valence-corrected chi connectivity index (χ0v) is 9.27. The number of nitrogens with zero attached hydrogens (tertiary/aromatic N) is 1. The number of carboxylic acid groups (broad SMARTS) is 4. The highest BCUT2D eigenvalue weighted by Crippen LogP contribution is 1.87. The summed E-state index contributed by atoms with van der Waals surface area (Å²) in [6, 6.07) is 0. The number of carbonyl (C=O) groups is 4. The van der Waals surface area contributed by atoms with Gasteiger partial charge in [-0.25, -0.2) is 4.79 Å². The Morgan fingerprint density at radius 1 is 0.833 bits per heavy atom. The Balaban J connectivity index is 0. The Morgan fingerprint density at radius 3 is 1.17 bits per heavy atom. The van der Waals surface area contributed by atoms with Gasteiger partial charge in [-0.2, -0.15) is 0 Å². The molecule has 0 aliphatic rings. The van der Waals surface area contributed by atoms with Crippen LogP contribution in [0.5, 0.6) is 0 Å². The molecule has 0 aromatic heterocycles. The van der Waals surface area contributed by atoms with Gasteiger partial charge in [-0.15, -0.1) is 0 Å². The Bertz CT molecular complexity index is 299. The Labute approximate surface area is 102 Å². The predicted octanol–water partition coefficient (Wildman–Crippen LogP) is -1.20. The van der Waals surface area contributed by atoms with E-state index in [1.165, 1.54) is 0 Å². The second-order valence-electron chi connectivity index (χ2n) is 2.87. The molecule has 9 nitrogen and oxygen atoms in total. The molecule has 0 atom stereocenters. The summed E-state index contributed by atoms with van der Waals surface area (Å²) in [5, 5.41) is 32.5. The van der Waals surface area contributed by atoms with Gasteiger partial charge in [-0.05, 0) is 0 Å². The van der Waals surface area contributed by atoms with E-state index < -0.39 is 43.5 Å². The van der Waals surface area contributed by atoms with Crippen LogP contribution >= 0.6 is 0 Å². The largest absolute Gasteiger partial charge is 0.480 e. The van der Waals surface area contributed by atoms with Gasteiger partial charge in [0.2, 0.25) is 0 Å². The van der Waals surface area contributed by atoms with Crippen LogP contribution in [0.15, 0.2) is 12.7 Å². The molecule has 102 valence electrons. The number of hydrogen-bond acceptors (Lipinski definition) is 5. The standard InChI is InChI=1S/C6H9NO6.C3H4O2/c8-4(9)1-7(2-5(10)11)3-6(12)13;1-2-3(4)5/h1-3H2,(H,8,9)(H,10,11)(H,12,13);2H,1H2,(H,4,5). The molecule has 0 aromatic rings. The van der Waals surface area contributed by atoms with Crippen LogP contribution in [0, 0.1) is 0 Å². The number of aliphatic carboxylic acids is 4. The van der Waals surface area contributed by atoms with Crippen molar-refractivity contribution in [2.24, 2.45) is 0 Å². The first-order chi connectivity index (χ1) is 8.18. The number of rotatable bonds is 7. The molecular weight excluding hydrogens is 250 g/mol. The minimum Gasteiger partial charge on any atom is -0.480 e. The van der Waals surface area contributed by atoms with Crippen molar-refractivity contribution >= 4 is 23.9 Å². The van der Waals surface area contributed by atoms with Crippen LogP contribution in [0.1, 0.15) is 0 Å². The van der Waals surface area contributed by atoms with Gasteiger partial charge in [0.25, 0.3) is 0 Å². The fraction of sp³-hybridized carbons (Fsp3) is 0.333. The van der Waals surface area contributed by atoms with Crippen LogP contribution in [0.4, 0.5) is 0 Å². The predicted molar refractivity (Wildman–Crippen MR) is 57.2 cm³/mol. The van der Waals surface area contributed by atoms with Gasteiger partial charge in [0.05, 0.1) is 19.6 Å². The molecule has 4 N–H and O–H groups in total. The molecule has 0 fully saturated rings. The molecule has 0 bridgehead atoms. The lowest BCUT2D eigenvalue weighted by molar-refractivity contribution is -0.144. The van der Waals surface area contributed by atoms with E-state index in [4.69, 9.17) is 20.4 Å². The Morgan fingerprint density at radius 2 is 1.06 bits per heavy atom. The molecular formula is C9H13NO8. The fourth-order valence-corrected chi connectivity index (χ4v) is 0.742. The molecule has 18 heavy (non-hydrogen) atoms. The van der Waals surface area contributed by atoms with Crippen LogP contribution in [0.25, 0.3) is 0 Å². The average Bonchev–Trinajstić information content (AvgIpc) is 2.14. The van der Waals surface area contributed by atoms with E-state index in [-0.39, 0.29) is 0 Å². The Hall–Kier alpha value is -2.42. The topological polar surface area (TPSA) is 152 Å². The van der Waals surface area contributed by atoms with Crippen molar-refractivity contribution < 1.29 is 39.6 Å². The summed E-state index contributed by atoms with van der Waals surface area (Å²) >= 11 is 0. The van der Waals surface area contributed by atoms with E-state index >= 15 is 0 Å². The van der Waals surface area contributed by atoms with E-state index in [0.29, 0.717) is 0 Å². The third-order valence-corrected chi connectivity index (χ3v) is 1.25. The maximum atomic E-state index is 10.1. The van der Waals surface area contributed by atoms with Crippen molar-refractivity contribution in [3.63, 3.8) is 0 Å². The monoisotopic (exact) mass is 263 g/mol. The van der Waals surface area contributed by atoms with Gasteiger partial charge in [-0.3, -0.25) is 19.3 Å². The van der Waals surface area contributed by atoms with Gasteiger partial charge < -0.3 is 20.4 Å². The molecule has 0 unspecified atom stereocenters. The molecule has 0 aliphatic carbocycles. The second-order valence-corrected chi connectivity index (χ2v) is 2.87. The first kappa shape index (κ1) is 18.0. The van der Waals surface area contributed by atoms with Crippen LogP contribution in [0.2, 0.25) is 0 Å². The summed E-state index contributed by atoms with van der Waals surface area (Å²) in [4.78, 5) is 40.5. The van der Waals surface area contributed by atoms with Crippen molar-refractivity contribution in [3.05, 3.63) is 12.7 Å². The van der Waals surface area contributed by atoms with Gasteiger partial charge >= 0.3 is 23.9 Å². The molecule has 0 radical (unpaired) electrons. The summed E-state index contributed by atoms with van der Waals surface area (Å²) < 4.78 is 0. The van der Waals surface area contributed by atoms with Crippen LogP contribution < -0.4 is 0 Å². The highest BCUT2D eigenvalue weighted by atomic mass is 16.4. The summed E-state index contributed by atoms with van der Waals surface area (Å²) in [5.74, 6) is -4.77. The maximum absolute atomic E-state index is 10.1. The van der Waals surface area contributed by atoms with Crippen LogP contribution in [0.3, 0.4) is 0 Å². The lowest BCUT2D eigenvalue weighted by Gasteiger charge is -2.14. The lowest BCUT2D eigenvalue weighted by Crippen LogP contribution is -2.38. The van der Waals surface area contributed by atoms with Crippen molar-refractivity contribution in [1.29, 1.82) is 0 Å². The van der Waals surface area contributed by atoms with Crippen molar-refractivity contribution in [1.82, 2.24) is 4.90 Å². The van der Waals surface area contributed by atoms with Crippen molar-refractivity contribution in [2.75, 3.05) is 19.6 Å². The fourth-order valence-electron chi connectivity index (χ4n) is 0.742. The van der Waals surface area contributed by atoms with Crippen molar-refractivity contribution in [3.8, 4) is 0 Å². The lowest BCUT2D eigenvalue weighted by atomic mass is 10.4. The number of hydrogen-bond donors (Lipinski definition) is 4. The quantitative estimate of drug-likeness (QED) is 0.415. The van der Waals surface area contributed by atoms with E-state index in [2.05, 4.69) is 6.58 Å². The second kappa shape index (κ2) is 9.78. The van der Waals surface area contributed by atoms with E-state index in [1.54, 1.807) is 0 Å². The zero-order valence-electron chi connectivity index (χ0n) is 9.27. The molecule has 0 rings (SSSR count). The summed E-state index contributed by atoms with van der Waals surface area (Å²) in [5.41, 5.74) is 0. The molecule has 0 amide bonds. The van der Waals surface area contributed by atoms with Gasteiger partial charge in [0.1, 0.15) is 0 Å². The van der Waals surface area contributed by atoms with E-state index in [1.807, 2.05) is 0 Å². The highest BCUT2D eigenvalue weighted by Gasteiger charge is 2.15. The smallest absolute Gasteiger partial charge is 0.327 e. The third kappa shape index (κ3) is 16.0. The third-order valence-electron chi connectivity index (χ3n) is 1.25. The SMILES string of the molecule is C=CC(=O)O.O=C(O)CN(CC(=O)O)CC(=O)O. The molecule has 0 heterocycles. The minimum absolute atomic E-state index is 0.599. The van der Waals surface area contributed by atoms with E-state index in [0.717, 1.165) is 11.0 Å². The van der Waals surface area contributed by atoms with Crippen LogP contribution in [-0.2, 0) is 19.2 Å². The summed E-state index contributed by atoms with van der Waals surface area (Å²) in [6.07, 6.45) is 0.833. The molecule has 0 spiro atoms. The van der Waals surface area contributed by atoms with E-state index in [9.17, 15) is 19.2 Å².